The molecule has 0 aliphatic rings. The molecule has 31 heavy (non-hydrogen) atoms. The molecular weight excluding hydrogens is 390 g/mol. The first-order valence-corrected chi connectivity index (χ1v) is 10.6. The highest BCUT2D eigenvalue weighted by molar-refractivity contribution is 6.07. The summed E-state index contributed by atoms with van der Waals surface area (Å²) in [5, 5.41) is 4.27. The van der Waals surface area contributed by atoms with Crippen molar-refractivity contribution in [2.75, 3.05) is 20.1 Å². The Morgan fingerprint density at radius 3 is 2.58 bits per heavy atom. The Bertz CT molecular complexity index is 1260. The fourth-order valence-electron chi connectivity index (χ4n) is 4.03. The number of carbonyl (C=O) groups is 1. The van der Waals surface area contributed by atoms with Gasteiger partial charge in [0, 0.05) is 25.0 Å². The van der Waals surface area contributed by atoms with E-state index in [-0.39, 0.29) is 5.91 Å². The van der Waals surface area contributed by atoms with E-state index in [0.717, 1.165) is 30.4 Å². The van der Waals surface area contributed by atoms with E-state index in [0.29, 0.717) is 29.8 Å². The molecule has 6 nitrogen and oxygen atoms in total. The van der Waals surface area contributed by atoms with Gasteiger partial charge >= 0.3 is 5.63 Å². The van der Waals surface area contributed by atoms with Crippen LogP contribution in [0.3, 0.4) is 0 Å². The normalized spacial score (nSPS) is 11.5. The van der Waals surface area contributed by atoms with E-state index >= 15 is 0 Å². The Morgan fingerprint density at radius 1 is 1.06 bits per heavy atom. The van der Waals surface area contributed by atoms with E-state index in [2.05, 4.69) is 29.4 Å². The fourth-order valence-corrected chi connectivity index (χ4v) is 4.03. The predicted molar refractivity (Wildman–Crippen MR) is 123 cm³/mol. The zero-order valence-electron chi connectivity index (χ0n) is 17.9. The highest BCUT2D eigenvalue weighted by Gasteiger charge is 2.19. The molecule has 0 aliphatic carbocycles. The monoisotopic (exact) mass is 417 g/mol. The molecule has 1 N–H and O–H groups in total. The lowest BCUT2D eigenvalue weighted by atomic mass is 10.2. The molecule has 0 saturated carbocycles. The maximum Gasteiger partial charge on any atom is 0.345 e. The van der Waals surface area contributed by atoms with Gasteiger partial charge in [0.25, 0.3) is 5.91 Å². The second-order valence-electron chi connectivity index (χ2n) is 7.75. The quantitative estimate of drug-likeness (QED) is 0.347. The van der Waals surface area contributed by atoms with Gasteiger partial charge in [-0.25, -0.2) is 4.79 Å². The number of aryl methyl sites for hydroxylation is 1. The van der Waals surface area contributed by atoms with Gasteiger partial charge < -0.3 is 19.2 Å². The third-order valence-electron chi connectivity index (χ3n) is 5.51. The zero-order chi connectivity index (χ0) is 21.8. The number of nitrogens with zero attached hydrogens (tertiary/aromatic N) is 2. The van der Waals surface area contributed by atoms with E-state index in [9.17, 15) is 9.59 Å². The third kappa shape index (κ3) is 4.39. The molecule has 0 spiro atoms. The molecule has 0 bridgehead atoms. The minimum Gasteiger partial charge on any atom is -0.422 e. The molecule has 0 radical (unpaired) electrons. The van der Waals surface area contributed by atoms with Crippen LogP contribution in [0, 0.1) is 0 Å². The van der Waals surface area contributed by atoms with Crippen LogP contribution in [0.4, 0.5) is 0 Å². The lowest BCUT2D eigenvalue weighted by Gasteiger charge is -2.17. The van der Waals surface area contributed by atoms with Crippen LogP contribution in [0.5, 0.6) is 0 Å². The molecule has 0 saturated heterocycles. The lowest BCUT2D eigenvalue weighted by molar-refractivity contribution is 0.0943. The number of fused-ring (bicyclic) bond motifs is 3. The average Bonchev–Trinajstić information content (AvgIpc) is 3.18. The Labute approximate surface area is 181 Å². The summed E-state index contributed by atoms with van der Waals surface area (Å²) >= 11 is 0. The van der Waals surface area contributed by atoms with Crippen molar-refractivity contribution in [2.24, 2.45) is 0 Å². The molecule has 4 aromatic rings. The van der Waals surface area contributed by atoms with E-state index in [1.807, 2.05) is 47.9 Å². The molecule has 2 heterocycles. The van der Waals surface area contributed by atoms with Gasteiger partial charge in [0.1, 0.15) is 11.3 Å². The van der Waals surface area contributed by atoms with Gasteiger partial charge in [-0.3, -0.25) is 4.79 Å². The summed E-state index contributed by atoms with van der Waals surface area (Å²) in [5.41, 5.74) is 2.62. The number of rotatable bonds is 8. The first-order valence-electron chi connectivity index (χ1n) is 10.6. The van der Waals surface area contributed by atoms with Gasteiger partial charge in [-0.05, 0) is 50.7 Å². The van der Waals surface area contributed by atoms with Crippen molar-refractivity contribution in [1.82, 2.24) is 14.8 Å². The van der Waals surface area contributed by atoms with Crippen LogP contribution < -0.4 is 10.9 Å². The highest BCUT2D eigenvalue weighted by Crippen LogP contribution is 2.26. The second kappa shape index (κ2) is 9.18. The lowest BCUT2D eigenvalue weighted by Crippen LogP contribution is -2.29. The summed E-state index contributed by atoms with van der Waals surface area (Å²) in [4.78, 5) is 27.6. The smallest absolute Gasteiger partial charge is 0.345 e. The van der Waals surface area contributed by atoms with Crippen LogP contribution in [-0.4, -0.2) is 35.5 Å². The van der Waals surface area contributed by atoms with Crippen LogP contribution >= 0.6 is 0 Å². The molecule has 4 rings (SSSR count). The Hall–Kier alpha value is -3.38. The van der Waals surface area contributed by atoms with E-state index in [1.165, 1.54) is 5.56 Å². The Balaban J connectivity index is 1.45. The van der Waals surface area contributed by atoms with E-state index < -0.39 is 5.63 Å². The molecular formula is C25H27N3O3. The molecule has 2 aromatic heterocycles. The number of benzene rings is 2. The summed E-state index contributed by atoms with van der Waals surface area (Å²) in [6, 6.07) is 19.4. The molecule has 0 unspecified atom stereocenters. The van der Waals surface area contributed by atoms with Crippen molar-refractivity contribution in [1.29, 1.82) is 0 Å². The number of nitrogens with one attached hydrogen (secondary N) is 1. The first kappa shape index (κ1) is 20.9. The maximum absolute atomic E-state index is 12.9. The van der Waals surface area contributed by atoms with Gasteiger partial charge in [-0.15, -0.1) is 0 Å². The summed E-state index contributed by atoms with van der Waals surface area (Å²) in [5.74, 6) is -0.174. The number of para-hydroxylation sites is 1. The summed E-state index contributed by atoms with van der Waals surface area (Å²) in [6.45, 7) is 4.87. The summed E-state index contributed by atoms with van der Waals surface area (Å²) in [6.07, 6.45) is 0.840. The van der Waals surface area contributed by atoms with Gasteiger partial charge in [0.05, 0.1) is 10.9 Å². The number of amides is 1. The van der Waals surface area contributed by atoms with Crippen molar-refractivity contribution < 1.29 is 9.21 Å². The molecule has 6 heteroatoms. The van der Waals surface area contributed by atoms with Gasteiger partial charge in [-0.1, -0.05) is 42.5 Å². The molecule has 160 valence electrons. The minimum atomic E-state index is -0.419. The summed E-state index contributed by atoms with van der Waals surface area (Å²) in [7, 11) is 2.08. The number of carbonyl (C=O) groups excluding carboxylic acids is 1. The Morgan fingerprint density at radius 2 is 1.81 bits per heavy atom. The predicted octanol–water partition coefficient (Wildman–Crippen LogP) is 4.02. The molecule has 0 fully saturated rings. The van der Waals surface area contributed by atoms with Crippen molar-refractivity contribution >= 4 is 27.8 Å². The van der Waals surface area contributed by atoms with Crippen LogP contribution in [0.25, 0.3) is 21.9 Å². The molecule has 2 aromatic carbocycles. The van der Waals surface area contributed by atoms with Crippen LogP contribution in [0.15, 0.2) is 69.9 Å². The SMILES string of the molecule is CCn1c(C(=O)NCCCN(C)Cc2ccccc2)cc2c(=O)oc3ccccc3c21. The van der Waals surface area contributed by atoms with Crippen LogP contribution in [-0.2, 0) is 13.1 Å². The van der Waals surface area contributed by atoms with Crippen LogP contribution in [0.1, 0.15) is 29.4 Å². The average molecular weight is 418 g/mol. The van der Waals surface area contributed by atoms with Crippen molar-refractivity contribution in [3.8, 4) is 0 Å². The van der Waals surface area contributed by atoms with Crippen molar-refractivity contribution in [3.05, 3.63) is 82.3 Å². The Kier molecular flexibility index (Phi) is 6.18. The van der Waals surface area contributed by atoms with Crippen molar-refractivity contribution in [2.45, 2.75) is 26.4 Å². The summed E-state index contributed by atoms with van der Waals surface area (Å²) < 4.78 is 7.33. The van der Waals surface area contributed by atoms with Gasteiger partial charge in [-0.2, -0.15) is 0 Å². The topological polar surface area (TPSA) is 67.5 Å². The van der Waals surface area contributed by atoms with Crippen molar-refractivity contribution in [3.63, 3.8) is 0 Å². The fraction of sp³-hybridized carbons (Fsp3) is 0.280. The molecule has 0 atom stereocenters. The number of hydrogen-bond acceptors (Lipinski definition) is 4. The van der Waals surface area contributed by atoms with Gasteiger partial charge in [0.2, 0.25) is 0 Å². The first-order chi connectivity index (χ1) is 15.1. The van der Waals surface area contributed by atoms with E-state index in [4.69, 9.17) is 4.42 Å². The number of hydrogen-bond donors (Lipinski definition) is 1. The zero-order valence-corrected chi connectivity index (χ0v) is 17.9. The van der Waals surface area contributed by atoms with Crippen LogP contribution in [0.2, 0.25) is 0 Å². The molecule has 0 aliphatic heterocycles. The van der Waals surface area contributed by atoms with Gasteiger partial charge in [0.15, 0.2) is 0 Å². The maximum atomic E-state index is 12.9. The minimum absolute atomic E-state index is 0.174. The van der Waals surface area contributed by atoms with E-state index in [1.54, 1.807) is 12.1 Å². The largest absolute Gasteiger partial charge is 0.422 e. The highest BCUT2D eigenvalue weighted by atomic mass is 16.4. The second-order valence-corrected chi connectivity index (χ2v) is 7.75. The third-order valence-corrected chi connectivity index (χ3v) is 5.51. The number of aromatic nitrogens is 1. The standard InChI is InChI=1S/C25H27N3O3/c1-3-28-21(16-20-23(28)19-12-7-8-13-22(19)31-25(20)30)24(29)26-14-9-15-27(2)17-18-10-5-4-6-11-18/h4-8,10-13,16H,3,9,14-15,17H2,1-2H3,(H,26,29). The molecule has 1 amide bonds.